The molecule has 3 aromatic carbocycles. The number of para-hydroxylation sites is 1. The van der Waals surface area contributed by atoms with Crippen LogP contribution in [0.4, 0.5) is 5.69 Å². The van der Waals surface area contributed by atoms with Crippen LogP contribution in [0, 0.1) is 5.41 Å². The normalized spacial score (nSPS) is 19.1. The van der Waals surface area contributed by atoms with Gasteiger partial charge in [0.25, 0.3) is 5.91 Å². The Bertz CT molecular complexity index is 1240. The maximum absolute atomic E-state index is 13.6. The molecule has 1 aliphatic carbocycles. The molecule has 0 bridgehead atoms. The summed E-state index contributed by atoms with van der Waals surface area (Å²) < 4.78 is 0. The minimum atomic E-state index is -0.314. The summed E-state index contributed by atoms with van der Waals surface area (Å²) in [5.41, 5.74) is 14.6. The van der Waals surface area contributed by atoms with Gasteiger partial charge in [-0.1, -0.05) is 60.7 Å². The lowest BCUT2D eigenvalue weighted by Crippen LogP contribution is -2.49. The number of nitrogens with zero attached hydrogens (tertiary/aromatic N) is 2. The molecule has 5 N–H and O–H groups in total. The Kier molecular flexibility index (Phi) is 8.04. The Morgan fingerprint density at radius 2 is 1.51 bits per heavy atom. The highest BCUT2D eigenvalue weighted by atomic mass is 16.2. The van der Waals surface area contributed by atoms with Crippen molar-refractivity contribution < 1.29 is 9.59 Å². The fourth-order valence-electron chi connectivity index (χ4n) is 5.26. The highest BCUT2D eigenvalue weighted by Crippen LogP contribution is 2.40. The molecule has 7 nitrogen and oxygen atoms in total. The van der Waals surface area contributed by atoms with Crippen molar-refractivity contribution in [3.05, 3.63) is 102 Å². The lowest BCUT2D eigenvalue weighted by molar-refractivity contribution is -0.131. The van der Waals surface area contributed by atoms with Crippen molar-refractivity contribution >= 4 is 23.3 Å². The van der Waals surface area contributed by atoms with Crippen LogP contribution in [0.3, 0.4) is 0 Å². The zero-order valence-corrected chi connectivity index (χ0v) is 21.3. The predicted molar refractivity (Wildman–Crippen MR) is 148 cm³/mol. The first-order valence-corrected chi connectivity index (χ1v) is 12.7. The first kappa shape index (κ1) is 26.1. The van der Waals surface area contributed by atoms with Gasteiger partial charge >= 0.3 is 0 Å². The number of carbonyl (C=O) groups is 2. The molecular weight excluding hydrogens is 462 g/mol. The van der Waals surface area contributed by atoms with Gasteiger partial charge in [-0.2, -0.15) is 0 Å². The van der Waals surface area contributed by atoms with Gasteiger partial charge in [-0.25, -0.2) is 0 Å². The van der Waals surface area contributed by atoms with E-state index in [1.807, 2.05) is 43.4 Å². The zero-order chi connectivity index (χ0) is 26.4. The second-order valence-corrected chi connectivity index (χ2v) is 9.81. The van der Waals surface area contributed by atoms with E-state index in [0.29, 0.717) is 23.4 Å². The van der Waals surface area contributed by atoms with Crippen molar-refractivity contribution in [1.29, 1.82) is 5.41 Å². The number of nitrogens with two attached hydrogens (primary N) is 2. The third kappa shape index (κ3) is 5.73. The molecule has 0 aliphatic heterocycles. The van der Waals surface area contributed by atoms with Crippen molar-refractivity contribution in [2.24, 2.45) is 11.5 Å². The van der Waals surface area contributed by atoms with Crippen molar-refractivity contribution in [1.82, 2.24) is 4.90 Å². The summed E-state index contributed by atoms with van der Waals surface area (Å²) >= 11 is 0. The molecule has 0 radical (unpaired) electrons. The molecule has 0 aromatic heterocycles. The third-order valence-corrected chi connectivity index (χ3v) is 7.66. The van der Waals surface area contributed by atoms with Crippen LogP contribution in [-0.2, 0) is 10.2 Å². The smallest absolute Gasteiger partial charge is 0.258 e. The molecule has 0 heterocycles. The van der Waals surface area contributed by atoms with E-state index in [-0.39, 0.29) is 35.7 Å². The molecule has 0 saturated heterocycles. The molecule has 7 heteroatoms. The van der Waals surface area contributed by atoms with Crippen LogP contribution >= 0.6 is 0 Å². The molecule has 1 fully saturated rings. The van der Waals surface area contributed by atoms with Gasteiger partial charge in [0.05, 0.1) is 0 Å². The molecule has 192 valence electrons. The molecule has 4 rings (SSSR count). The maximum Gasteiger partial charge on any atom is 0.258 e. The summed E-state index contributed by atoms with van der Waals surface area (Å²) in [6, 6.07) is 26.3. The van der Waals surface area contributed by atoms with Gasteiger partial charge in [0.1, 0.15) is 12.4 Å². The summed E-state index contributed by atoms with van der Waals surface area (Å²) in [7, 11) is 1.83. The Hall–Kier alpha value is -3.97. The number of benzene rings is 3. The topological polar surface area (TPSA) is 117 Å². The average molecular weight is 498 g/mol. The maximum atomic E-state index is 13.6. The molecule has 2 amide bonds. The van der Waals surface area contributed by atoms with E-state index in [1.54, 1.807) is 29.2 Å². The average Bonchev–Trinajstić information content (AvgIpc) is 2.96. The number of carbonyl (C=O) groups excluding carboxylic acids is 2. The van der Waals surface area contributed by atoms with Crippen LogP contribution in [0.5, 0.6) is 0 Å². The standard InChI is InChI=1S/C30H35N5O2/c1-34(25-15-17-30(21-31,18-16-25)24-11-4-2-5-12-24)27(36)20-35(26-13-6-3-7-14-26)29(37)23-10-8-9-22(19-23)28(32)33/h2-14,19,25H,15-18,20-21,31H2,1H3,(H3,32,33). The molecule has 0 spiro atoms. The number of nitrogens with one attached hydrogen (secondary N) is 1. The van der Waals surface area contributed by atoms with Gasteiger partial charge in [-0.15, -0.1) is 0 Å². The number of amidine groups is 1. The van der Waals surface area contributed by atoms with Gasteiger partial charge in [0, 0.05) is 41.9 Å². The molecular formula is C30H35N5O2. The molecule has 0 atom stereocenters. The molecule has 1 saturated carbocycles. The van der Waals surface area contributed by atoms with E-state index in [1.165, 1.54) is 10.5 Å². The Morgan fingerprint density at radius 1 is 0.919 bits per heavy atom. The van der Waals surface area contributed by atoms with E-state index in [9.17, 15) is 9.59 Å². The van der Waals surface area contributed by atoms with Gasteiger partial charge in [0.15, 0.2) is 0 Å². The van der Waals surface area contributed by atoms with E-state index in [0.717, 1.165) is 25.7 Å². The minimum absolute atomic E-state index is 0.0601. The van der Waals surface area contributed by atoms with Crippen LogP contribution in [0.2, 0.25) is 0 Å². The Balaban J connectivity index is 1.50. The number of amides is 2. The summed E-state index contributed by atoms with van der Waals surface area (Å²) in [4.78, 5) is 30.3. The third-order valence-electron chi connectivity index (χ3n) is 7.66. The van der Waals surface area contributed by atoms with Crippen molar-refractivity contribution in [3.63, 3.8) is 0 Å². The fraction of sp³-hybridized carbons (Fsp3) is 0.300. The van der Waals surface area contributed by atoms with Crippen molar-refractivity contribution in [3.8, 4) is 0 Å². The van der Waals surface area contributed by atoms with Crippen LogP contribution < -0.4 is 16.4 Å². The van der Waals surface area contributed by atoms with E-state index < -0.39 is 0 Å². The summed E-state index contributed by atoms with van der Waals surface area (Å²) in [6.45, 7) is 0.498. The van der Waals surface area contributed by atoms with Crippen LogP contribution in [0.15, 0.2) is 84.9 Å². The molecule has 1 aliphatic rings. The number of hydrogen-bond donors (Lipinski definition) is 3. The summed E-state index contributed by atoms with van der Waals surface area (Å²) in [5, 5.41) is 7.71. The molecule has 37 heavy (non-hydrogen) atoms. The van der Waals surface area contributed by atoms with Gasteiger partial charge < -0.3 is 16.4 Å². The van der Waals surface area contributed by atoms with E-state index >= 15 is 0 Å². The Morgan fingerprint density at radius 3 is 2.11 bits per heavy atom. The number of anilines is 1. The minimum Gasteiger partial charge on any atom is -0.384 e. The zero-order valence-electron chi connectivity index (χ0n) is 21.3. The Labute approximate surface area is 218 Å². The number of rotatable bonds is 8. The van der Waals surface area contributed by atoms with Crippen molar-refractivity contribution in [2.75, 3.05) is 25.0 Å². The van der Waals surface area contributed by atoms with Crippen LogP contribution in [0.1, 0.15) is 47.2 Å². The number of hydrogen-bond acceptors (Lipinski definition) is 4. The monoisotopic (exact) mass is 497 g/mol. The van der Waals surface area contributed by atoms with E-state index in [2.05, 4.69) is 24.3 Å². The lowest BCUT2D eigenvalue weighted by atomic mass is 9.68. The first-order valence-electron chi connectivity index (χ1n) is 12.7. The SMILES string of the molecule is CN(C(=O)CN(C(=O)c1cccc(C(=N)N)c1)c1ccccc1)C1CCC(CN)(c2ccccc2)CC1. The molecule has 0 unspecified atom stereocenters. The fourth-order valence-corrected chi connectivity index (χ4v) is 5.26. The quantitative estimate of drug-likeness (QED) is 0.323. The summed E-state index contributed by atoms with van der Waals surface area (Å²) in [6.07, 6.45) is 3.53. The molecule has 3 aromatic rings. The second-order valence-electron chi connectivity index (χ2n) is 9.81. The predicted octanol–water partition coefficient (Wildman–Crippen LogP) is 3.92. The second kappa shape index (κ2) is 11.4. The largest absolute Gasteiger partial charge is 0.384 e. The van der Waals surface area contributed by atoms with Gasteiger partial charge in [0.2, 0.25) is 5.91 Å². The highest BCUT2D eigenvalue weighted by molar-refractivity contribution is 6.10. The van der Waals surface area contributed by atoms with Crippen LogP contribution in [-0.4, -0.2) is 48.7 Å². The van der Waals surface area contributed by atoms with Gasteiger partial charge in [-0.3, -0.25) is 19.9 Å². The first-order chi connectivity index (χ1) is 17.8. The lowest BCUT2D eigenvalue weighted by Gasteiger charge is -2.43. The van der Waals surface area contributed by atoms with Gasteiger partial charge in [-0.05, 0) is 55.5 Å². The van der Waals surface area contributed by atoms with E-state index in [4.69, 9.17) is 16.9 Å². The number of nitrogen functional groups attached to an aromatic ring is 1. The summed E-state index contributed by atoms with van der Waals surface area (Å²) in [5.74, 6) is -0.547. The highest BCUT2D eigenvalue weighted by Gasteiger charge is 2.38. The van der Waals surface area contributed by atoms with Crippen LogP contribution in [0.25, 0.3) is 0 Å². The number of likely N-dealkylation sites (N-methyl/N-ethyl adjacent to an activating group) is 1. The van der Waals surface area contributed by atoms with Crippen molar-refractivity contribution in [2.45, 2.75) is 37.1 Å².